The lowest BCUT2D eigenvalue weighted by Crippen LogP contribution is -2.09. The molecule has 1 amide bonds. The van der Waals surface area contributed by atoms with Crippen molar-refractivity contribution < 1.29 is 27.4 Å². The summed E-state index contributed by atoms with van der Waals surface area (Å²) in [5.74, 6) is 0.383. The van der Waals surface area contributed by atoms with Crippen LogP contribution in [-0.4, -0.2) is 22.5 Å². The van der Waals surface area contributed by atoms with Crippen molar-refractivity contribution in [3.05, 3.63) is 40.7 Å². The highest BCUT2D eigenvalue weighted by atomic mass is 35.5. The maximum atomic E-state index is 12.9. The van der Waals surface area contributed by atoms with Crippen LogP contribution in [0.3, 0.4) is 0 Å². The topological polar surface area (TPSA) is 65.4 Å². The Bertz CT molecular complexity index is 862. The van der Waals surface area contributed by atoms with E-state index in [2.05, 4.69) is 10.4 Å². The second-order valence-electron chi connectivity index (χ2n) is 5.07. The molecule has 0 spiro atoms. The smallest absolute Gasteiger partial charge is 0.435 e. The lowest BCUT2D eigenvalue weighted by atomic mass is 10.2. The molecule has 2 aromatic rings. The summed E-state index contributed by atoms with van der Waals surface area (Å²) in [6.45, 7) is 0.0896. The Balaban J connectivity index is 1.77. The van der Waals surface area contributed by atoms with Gasteiger partial charge in [-0.05, 0) is 18.2 Å². The number of amides is 1. The van der Waals surface area contributed by atoms with Crippen molar-refractivity contribution in [2.24, 2.45) is 7.05 Å². The zero-order valence-electron chi connectivity index (χ0n) is 12.7. The molecule has 6 nitrogen and oxygen atoms in total. The van der Waals surface area contributed by atoms with Crippen LogP contribution < -0.4 is 14.8 Å². The summed E-state index contributed by atoms with van der Waals surface area (Å²) >= 11 is 5.81. The van der Waals surface area contributed by atoms with E-state index in [1.165, 1.54) is 7.05 Å². The Morgan fingerprint density at radius 3 is 2.80 bits per heavy atom. The first kappa shape index (κ1) is 17.2. The fourth-order valence-corrected chi connectivity index (χ4v) is 2.38. The predicted octanol–water partition coefficient (Wildman–Crippen LogP) is 3.47. The summed E-state index contributed by atoms with van der Waals surface area (Å²) in [7, 11) is 1.28. The molecule has 1 aromatic carbocycles. The number of hydrogen-bond acceptors (Lipinski definition) is 4. The lowest BCUT2D eigenvalue weighted by Gasteiger charge is -2.04. The van der Waals surface area contributed by atoms with Crippen LogP contribution in [0.15, 0.2) is 24.3 Å². The van der Waals surface area contributed by atoms with E-state index in [0.29, 0.717) is 17.2 Å². The monoisotopic (exact) mass is 373 g/mol. The van der Waals surface area contributed by atoms with Crippen LogP contribution in [0.1, 0.15) is 11.3 Å². The van der Waals surface area contributed by atoms with E-state index in [-0.39, 0.29) is 17.5 Å². The van der Waals surface area contributed by atoms with Gasteiger partial charge in [-0.15, -0.1) is 0 Å². The first-order valence-corrected chi connectivity index (χ1v) is 7.32. The van der Waals surface area contributed by atoms with E-state index in [1.54, 1.807) is 18.2 Å². The number of halogens is 4. The molecule has 132 valence electrons. The first-order valence-electron chi connectivity index (χ1n) is 6.94. The van der Waals surface area contributed by atoms with Crippen molar-refractivity contribution in [3.8, 4) is 11.5 Å². The van der Waals surface area contributed by atoms with E-state index in [0.717, 1.165) is 16.8 Å². The predicted molar refractivity (Wildman–Crippen MR) is 83.4 cm³/mol. The van der Waals surface area contributed by atoms with Crippen LogP contribution in [0, 0.1) is 0 Å². The largest absolute Gasteiger partial charge is 0.454 e. The van der Waals surface area contributed by atoms with Gasteiger partial charge in [0.25, 0.3) is 0 Å². The number of anilines is 1. The number of carbonyl (C=O) groups is 1. The number of aromatic nitrogens is 2. The Morgan fingerprint density at radius 2 is 2.08 bits per heavy atom. The second-order valence-corrected chi connectivity index (χ2v) is 5.42. The number of nitrogens with zero attached hydrogens (tertiary/aromatic N) is 2. The number of aryl methyl sites for hydroxylation is 1. The van der Waals surface area contributed by atoms with Gasteiger partial charge in [-0.3, -0.25) is 9.48 Å². The standard InChI is InChI=1S/C15H11ClF3N3O3/c1-22-14(16)9(13(21-22)15(17,18)19)3-5-12(23)20-8-2-4-10-11(6-8)25-7-24-10/h2-6H,7H2,1H3,(H,20,23)/b5-3+. The average molecular weight is 374 g/mol. The van der Waals surface area contributed by atoms with E-state index in [4.69, 9.17) is 21.1 Å². The molecule has 1 N–H and O–H groups in total. The van der Waals surface area contributed by atoms with Gasteiger partial charge in [-0.1, -0.05) is 11.6 Å². The SMILES string of the molecule is Cn1nc(C(F)(F)F)c(/C=C/C(=O)Nc2ccc3c(c2)OCO3)c1Cl. The van der Waals surface area contributed by atoms with Crippen LogP contribution >= 0.6 is 11.6 Å². The number of carbonyl (C=O) groups excluding carboxylic acids is 1. The molecule has 0 fully saturated rings. The number of rotatable bonds is 3. The highest BCUT2D eigenvalue weighted by molar-refractivity contribution is 6.31. The summed E-state index contributed by atoms with van der Waals surface area (Å²) in [6, 6.07) is 4.74. The molecule has 1 aliphatic rings. The molecule has 10 heteroatoms. The van der Waals surface area contributed by atoms with Crippen LogP contribution in [0.5, 0.6) is 11.5 Å². The molecule has 2 heterocycles. The molecule has 3 rings (SSSR count). The molecule has 0 saturated heterocycles. The van der Waals surface area contributed by atoms with Gasteiger partial charge in [0.1, 0.15) is 5.15 Å². The van der Waals surface area contributed by atoms with E-state index < -0.39 is 17.8 Å². The Labute approximate surface area is 144 Å². The van der Waals surface area contributed by atoms with E-state index in [9.17, 15) is 18.0 Å². The highest BCUT2D eigenvalue weighted by Crippen LogP contribution is 2.35. The van der Waals surface area contributed by atoms with Gasteiger partial charge < -0.3 is 14.8 Å². The molecule has 0 radical (unpaired) electrons. The molecule has 0 bridgehead atoms. The Hall–Kier alpha value is -2.68. The second kappa shape index (κ2) is 6.32. The van der Waals surface area contributed by atoms with Crippen molar-refractivity contribution >= 4 is 29.3 Å². The zero-order chi connectivity index (χ0) is 18.2. The van der Waals surface area contributed by atoms with Crippen LogP contribution in [0.2, 0.25) is 5.15 Å². The molecule has 0 saturated carbocycles. The molecule has 0 aliphatic carbocycles. The van der Waals surface area contributed by atoms with Crippen molar-refractivity contribution in [3.63, 3.8) is 0 Å². The fourth-order valence-electron chi connectivity index (χ4n) is 2.19. The third kappa shape index (κ3) is 3.55. The number of fused-ring (bicyclic) bond motifs is 1. The van der Waals surface area contributed by atoms with Gasteiger partial charge in [-0.25, -0.2) is 0 Å². The van der Waals surface area contributed by atoms with Gasteiger partial charge in [0, 0.05) is 30.4 Å². The van der Waals surface area contributed by atoms with Crippen LogP contribution in [0.4, 0.5) is 18.9 Å². The molecule has 1 aliphatic heterocycles. The van der Waals surface area contributed by atoms with Gasteiger partial charge >= 0.3 is 6.18 Å². The average Bonchev–Trinajstić information content (AvgIpc) is 3.10. The number of nitrogens with one attached hydrogen (secondary N) is 1. The number of hydrogen-bond donors (Lipinski definition) is 1. The van der Waals surface area contributed by atoms with Crippen LogP contribution in [0.25, 0.3) is 6.08 Å². The molecule has 0 atom stereocenters. The quantitative estimate of drug-likeness (QED) is 0.837. The summed E-state index contributed by atoms with van der Waals surface area (Å²) in [4.78, 5) is 11.9. The zero-order valence-corrected chi connectivity index (χ0v) is 13.5. The highest BCUT2D eigenvalue weighted by Gasteiger charge is 2.38. The minimum absolute atomic E-state index is 0.0896. The van der Waals surface area contributed by atoms with Gasteiger partial charge in [-0.2, -0.15) is 18.3 Å². The molecule has 1 aromatic heterocycles. The third-order valence-electron chi connectivity index (χ3n) is 3.32. The maximum Gasteiger partial charge on any atom is 0.435 e. The molecule has 25 heavy (non-hydrogen) atoms. The molecular weight excluding hydrogens is 363 g/mol. The third-order valence-corrected chi connectivity index (χ3v) is 3.77. The van der Waals surface area contributed by atoms with Crippen molar-refractivity contribution in [1.29, 1.82) is 0 Å². The van der Waals surface area contributed by atoms with Gasteiger partial charge in [0.05, 0.1) is 0 Å². The number of alkyl halides is 3. The summed E-state index contributed by atoms with van der Waals surface area (Å²) in [5.41, 5.74) is -1.13. The van der Waals surface area contributed by atoms with E-state index in [1.807, 2.05) is 0 Å². The minimum Gasteiger partial charge on any atom is -0.454 e. The molecular formula is C15H11ClF3N3O3. The Kier molecular flexibility index (Phi) is 4.34. The van der Waals surface area contributed by atoms with Crippen LogP contribution in [-0.2, 0) is 18.0 Å². The van der Waals surface area contributed by atoms with Gasteiger partial charge in [0.2, 0.25) is 12.7 Å². The first-order chi connectivity index (χ1) is 11.8. The summed E-state index contributed by atoms with van der Waals surface area (Å²) in [5, 5.41) is 5.62. The number of ether oxygens (including phenoxy) is 2. The van der Waals surface area contributed by atoms with Crippen molar-refractivity contribution in [2.75, 3.05) is 12.1 Å². The Morgan fingerprint density at radius 1 is 1.36 bits per heavy atom. The van der Waals surface area contributed by atoms with Crippen molar-refractivity contribution in [2.45, 2.75) is 6.18 Å². The minimum atomic E-state index is -4.68. The maximum absolute atomic E-state index is 12.9. The lowest BCUT2D eigenvalue weighted by molar-refractivity contribution is -0.141. The summed E-state index contributed by atoms with van der Waals surface area (Å²) < 4.78 is 50.0. The van der Waals surface area contributed by atoms with Gasteiger partial charge in [0.15, 0.2) is 17.2 Å². The summed E-state index contributed by atoms with van der Waals surface area (Å²) in [6.07, 6.45) is -2.76. The normalized spacial score (nSPS) is 13.5. The fraction of sp³-hybridized carbons (Fsp3) is 0.200. The van der Waals surface area contributed by atoms with E-state index >= 15 is 0 Å². The van der Waals surface area contributed by atoms with Crippen molar-refractivity contribution in [1.82, 2.24) is 9.78 Å². The number of benzene rings is 1. The molecule has 0 unspecified atom stereocenters.